The van der Waals surface area contributed by atoms with Crippen LogP contribution in [0.4, 0.5) is 0 Å². The minimum Gasteiger partial charge on any atom is -0.335 e. The molecule has 0 atom stereocenters. The lowest BCUT2D eigenvalue weighted by Crippen LogP contribution is -2.35. The van der Waals surface area contributed by atoms with E-state index >= 15 is 0 Å². The van der Waals surface area contributed by atoms with Crippen molar-refractivity contribution in [2.45, 2.75) is 6.92 Å². The Labute approximate surface area is 59.3 Å². The van der Waals surface area contributed by atoms with Gasteiger partial charge in [-0.05, 0) is 12.5 Å². The van der Waals surface area contributed by atoms with E-state index in [1.54, 1.807) is 14.0 Å². The summed E-state index contributed by atoms with van der Waals surface area (Å²) in [6.45, 7) is 1.88. The van der Waals surface area contributed by atoms with E-state index < -0.39 is 0 Å². The molecule has 0 N–H and O–H groups in total. The Morgan fingerprint density at radius 1 is 1.50 bits per heavy atom. The predicted octanol–water partition coefficient (Wildman–Crippen LogP) is -0.0262. The Morgan fingerprint density at radius 2 is 2.10 bits per heavy atom. The van der Waals surface area contributed by atoms with E-state index in [-0.39, 0.29) is 18.2 Å². The van der Waals surface area contributed by atoms with Crippen molar-refractivity contribution in [3.8, 4) is 0 Å². The van der Waals surface area contributed by atoms with Gasteiger partial charge in [-0.3, -0.25) is 9.59 Å². The average molecular weight is 139 g/mol. The molecule has 1 aliphatic rings. The Hall–Kier alpha value is -1.12. The van der Waals surface area contributed by atoms with Crippen LogP contribution in [0.15, 0.2) is 11.6 Å². The summed E-state index contributed by atoms with van der Waals surface area (Å²) >= 11 is 0. The molecule has 0 spiro atoms. The van der Waals surface area contributed by atoms with Gasteiger partial charge in [0.15, 0.2) is 5.78 Å². The van der Waals surface area contributed by atoms with Crippen LogP contribution in [0.1, 0.15) is 6.92 Å². The molecule has 0 saturated heterocycles. The maximum Gasteiger partial charge on any atom is 0.247 e. The fourth-order valence-corrected chi connectivity index (χ4v) is 0.794. The number of Topliss-reactive ketones (excluding diaryl/α,β-unsaturated/α-hetero) is 1. The van der Waals surface area contributed by atoms with Crippen LogP contribution in [0.2, 0.25) is 0 Å². The molecule has 0 aromatic rings. The summed E-state index contributed by atoms with van der Waals surface area (Å²) in [5.41, 5.74) is 0.558. The number of carbonyl (C=O) groups excluding carboxylic acids is 2. The third kappa shape index (κ3) is 1.07. The highest BCUT2D eigenvalue weighted by Crippen LogP contribution is 2.04. The Bertz CT molecular complexity index is 218. The lowest BCUT2D eigenvalue weighted by molar-refractivity contribution is -0.130. The standard InChI is InChI=1S/C7H9NO2/c1-5-3-7(10)8(2)4-6(5)9/h3H,4H2,1-2H3. The maximum atomic E-state index is 10.9. The minimum absolute atomic E-state index is 0.0297. The molecule has 0 aromatic heterocycles. The summed E-state index contributed by atoms with van der Waals surface area (Å²) in [5, 5.41) is 0. The molecular weight excluding hydrogens is 130 g/mol. The molecular formula is C7H9NO2. The molecule has 1 heterocycles. The van der Waals surface area contributed by atoms with E-state index in [2.05, 4.69) is 0 Å². The molecule has 0 bridgehead atoms. The van der Waals surface area contributed by atoms with E-state index in [1.165, 1.54) is 11.0 Å². The first kappa shape index (κ1) is 6.99. The van der Waals surface area contributed by atoms with Gasteiger partial charge in [0.2, 0.25) is 5.91 Å². The molecule has 3 heteroatoms. The fourth-order valence-electron chi connectivity index (χ4n) is 0.794. The summed E-state index contributed by atoms with van der Waals surface area (Å²) in [4.78, 5) is 23.1. The second-order valence-electron chi connectivity index (χ2n) is 2.44. The number of amides is 1. The van der Waals surface area contributed by atoms with Gasteiger partial charge < -0.3 is 4.90 Å². The Kier molecular flexibility index (Phi) is 1.57. The van der Waals surface area contributed by atoms with Gasteiger partial charge in [-0.25, -0.2) is 0 Å². The zero-order valence-corrected chi connectivity index (χ0v) is 6.05. The number of likely N-dealkylation sites (N-methyl/N-ethyl adjacent to an activating group) is 1. The summed E-state index contributed by atoms with van der Waals surface area (Å²) < 4.78 is 0. The van der Waals surface area contributed by atoms with Crippen LogP contribution in [-0.4, -0.2) is 30.2 Å². The minimum atomic E-state index is -0.0860. The van der Waals surface area contributed by atoms with Crippen molar-refractivity contribution in [3.63, 3.8) is 0 Å². The van der Waals surface area contributed by atoms with Crippen LogP contribution >= 0.6 is 0 Å². The topological polar surface area (TPSA) is 37.4 Å². The number of hydrogen-bond acceptors (Lipinski definition) is 2. The Morgan fingerprint density at radius 3 is 2.60 bits per heavy atom. The molecule has 0 unspecified atom stereocenters. The lowest BCUT2D eigenvalue weighted by atomic mass is 10.1. The van der Waals surface area contributed by atoms with Gasteiger partial charge in [-0.1, -0.05) is 0 Å². The van der Waals surface area contributed by atoms with Gasteiger partial charge in [-0.2, -0.15) is 0 Å². The van der Waals surface area contributed by atoms with Gasteiger partial charge in [-0.15, -0.1) is 0 Å². The van der Waals surface area contributed by atoms with Crippen LogP contribution in [-0.2, 0) is 9.59 Å². The molecule has 0 aromatic carbocycles. The summed E-state index contributed by atoms with van der Waals surface area (Å²) in [5.74, 6) is -0.0563. The van der Waals surface area contributed by atoms with Crippen molar-refractivity contribution >= 4 is 11.7 Å². The van der Waals surface area contributed by atoms with Crippen LogP contribution in [0, 0.1) is 0 Å². The highest BCUT2D eigenvalue weighted by atomic mass is 16.2. The zero-order valence-electron chi connectivity index (χ0n) is 6.05. The van der Waals surface area contributed by atoms with Crippen LogP contribution in [0.5, 0.6) is 0 Å². The van der Waals surface area contributed by atoms with Crippen molar-refractivity contribution < 1.29 is 9.59 Å². The van der Waals surface area contributed by atoms with E-state index in [1.807, 2.05) is 0 Å². The van der Waals surface area contributed by atoms with Gasteiger partial charge in [0.05, 0.1) is 6.54 Å². The van der Waals surface area contributed by atoms with Gasteiger partial charge in [0.1, 0.15) is 0 Å². The molecule has 1 aliphatic heterocycles. The molecule has 10 heavy (non-hydrogen) atoms. The highest BCUT2D eigenvalue weighted by molar-refractivity contribution is 6.07. The number of nitrogens with zero attached hydrogens (tertiary/aromatic N) is 1. The monoisotopic (exact) mass is 139 g/mol. The third-order valence-corrected chi connectivity index (χ3v) is 1.54. The quantitative estimate of drug-likeness (QED) is 0.472. The van der Waals surface area contributed by atoms with Gasteiger partial charge in [0, 0.05) is 13.1 Å². The average Bonchev–Trinajstić information content (AvgIpc) is 1.84. The lowest BCUT2D eigenvalue weighted by Gasteiger charge is -2.18. The van der Waals surface area contributed by atoms with E-state index in [0.29, 0.717) is 5.57 Å². The number of carbonyl (C=O) groups is 2. The van der Waals surface area contributed by atoms with E-state index in [9.17, 15) is 9.59 Å². The van der Waals surface area contributed by atoms with Crippen LogP contribution < -0.4 is 0 Å². The molecule has 0 saturated carbocycles. The summed E-state index contributed by atoms with van der Waals surface area (Å²) in [6, 6.07) is 0. The van der Waals surface area contributed by atoms with Crippen LogP contribution in [0.3, 0.4) is 0 Å². The molecule has 0 fully saturated rings. The van der Waals surface area contributed by atoms with Crippen molar-refractivity contribution in [1.29, 1.82) is 0 Å². The molecule has 54 valence electrons. The largest absolute Gasteiger partial charge is 0.335 e. The molecule has 3 nitrogen and oxygen atoms in total. The molecule has 0 radical (unpaired) electrons. The Balaban J connectivity index is 2.90. The first-order chi connectivity index (χ1) is 4.61. The first-order valence-corrected chi connectivity index (χ1v) is 3.08. The maximum absolute atomic E-state index is 10.9. The number of hydrogen-bond donors (Lipinski definition) is 0. The van der Waals surface area contributed by atoms with Crippen LogP contribution in [0.25, 0.3) is 0 Å². The van der Waals surface area contributed by atoms with Gasteiger partial charge >= 0.3 is 0 Å². The first-order valence-electron chi connectivity index (χ1n) is 3.08. The van der Waals surface area contributed by atoms with E-state index in [0.717, 1.165) is 0 Å². The second-order valence-corrected chi connectivity index (χ2v) is 2.44. The fraction of sp³-hybridized carbons (Fsp3) is 0.429. The number of ketones is 1. The van der Waals surface area contributed by atoms with E-state index in [4.69, 9.17) is 0 Å². The van der Waals surface area contributed by atoms with Crippen molar-refractivity contribution in [1.82, 2.24) is 4.90 Å². The van der Waals surface area contributed by atoms with Gasteiger partial charge in [0.25, 0.3) is 0 Å². The number of rotatable bonds is 0. The van der Waals surface area contributed by atoms with Crippen molar-refractivity contribution in [3.05, 3.63) is 11.6 Å². The normalized spacial score (nSPS) is 19.4. The van der Waals surface area contributed by atoms with Crippen molar-refractivity contribution in [2.75, 3.05) is 13.6 Å². The molecule has 1 amide bonds. The second kappa shape index (κ2) is 2.25. The third-order valence-electron chi connectivity index (χ3n) is 1.54. The predicted molar refractivity (Wildman–Crippen MR) is 36.4 cm³/mol. The zero-order chi connectivity index (χ0) is 7.72. The summed E-state index contributed by atoms with van der Waals surface area (Å²) in [6.07, 6.45) is 1.37. The van der Waals surface area contributed by atoms with Crippen molar-refractivity contribution in [2.24, 2.45) is 0 Å². The molecule has 0 aliphatic carbocycles. The SMILES string of the molecule is CC1=CC(=O)N(C)CC1=O. The smallest absolute Gasteiger partial charge is 0.247 e. The summed E-state index contributed by atoms with van der Waals surface area (Å²) in [7, 11) is 1.61. The highest BCUT2D eigenvalue weighted by Gasteiger charge is 2.18. The molecule has 1 rings (SSSR count).